The van der Waals surface area contributed by atoms with Crippen LogP contribution in [0.25, 0.3) is 0 Å². The van der Waals surface area contributed by atoms with E-state index in [1.807, 2.05) is 31.3 Å². The van der Waals surface area contributed by atoms with Crippen LogP contribution in [-0.4, -0.2) is 26.2 Å². The van der Waals surface area contributed by atoms with Crippen LogP contribution in [0.5, 0.6) is 0 Å². The number of likely N-dealkylation sites (N-methyl/N-ethyl adjacent to an activating group) is 1. The Hall–Kier alpha value is -1.35. The molecular weight excluding hydrogens is 214 g/mol. The maximum Gasteiger partial charge on any atom is 0.338 e. The van der Waals surface area contributed by atoms with Gasteiger partial charge in [-0.3, -0.25) is 0 Å². The Bertz CT molecular complexity index is 386. The van der Waals surface area contributed by atoms with Gasteiger partial charge in [0.25, 0.3) is 0 Å². The average Bonchev–Trinajstić information content (AvgIpc) is 3.18. The molecule has 0 radical (unpaired) electrons. The molecule has 0 unspecified atom stereocenters. The SMILES string of the molecule is CNCCc1ccccc1C(=O)OCC1CC1. The van der Waals surface area contributed by atoms with Gasteiger partial charge in [-0.1, -0.05) is 18.2 Å². The fourth-order valence-corrected chi connectivity index (χ4v) is 1.75. The van der Waals surface area contributed by atoms with Gasteiger partial charge in [0.05, 0.1) is 12.2 Å². The van der Waals surface area contributed by atoms with Gasteiger partial charge in [0.2, 0.25) is 0 Å². The van der Waals surface area contributed by atoms with Crippen molar-refractivity contribution in [1.82, 2.24) is 5.32 Å². The van der Waals surface area contributed by atoms with E-state index in [2.05, 4.69) is 5.32 Å². The van der Waals surface area contributed by atoms with Crippen molar-refractivity contribution < 1.29 is 9.53 Å². The highest BCUT2D eigenvalue weighted by atomic mass is 16.5. The van der Waals surface area contributed by atoms with Crippen molar-refractivity contribution in [1.29, 1.82) is 0 Å². The Morgan fingerprint density at radius 1 is 1.41 bits per heavy atom. The van der Waals surface area contributed by atoms with Gasteiger partial charge in [-0.25, -0.2) is 4.79 Å². The van der Waals surface area contributed by atoms with Crippen LogP contribution in [0.4, 0.5) is 0 Å². The summed E-state index contributed by atoms with van der Waals surface area (Å²) in [6.07, 6.45) is 3.26. The molecule has 0 aromatic heterocycles. The first-order valence-electron chi connectivity index (χ1n) is 6.21. The summed E-state index contributed by atoms with van der Waals surface area (Å²) >= 11 is 0. The molecule has 17 heavy (non-hydrogen) atoms. The van der Waals surface area contributed by atoms with Gasteiger partial charge in [-0.05, 0) is 50.4 Å². The van der Waals surface area contributed by atoms with Crippen LogP contribution in [0.15, 0.2) is 24.3 Å². The van der Waals surface area contributed by atoms with Crippen molar-refractivity contribution in [2.45, 2.75) is 19.3 Å². The molecule has 1 aromatic rings. The van der Waals surface area contributed by atoms with E-state index in [1.165, 1.54) is 12.8 Å². The lowest BCUT2D eigenvalue weighted by Crippen LogP contribution is -2.15. The molecule has 0 aliphatic heterocycles. The smallest absolute Gasteiger partial charge is 0.338 e. The third-order valence-electron chi connectivity index (χ3n) is 3.03. The number of esters is 1. The minimum Gasteiger partial charge on any atom is -0.462 e. The van der Waals surface area contributed by atoms with Crippen LogP contribution in [0, 0.1) is 5.92 Å². The largest absolute Gasteiger partial charge is 0.462 e. The Balaban J connectivity index is 1.98. The van der Waals surface area contributed by atoms with E-state index >= 15 is 0 Å². The van der Waals surface area contributed by atoms with E-state index in [0.717, 1.165) is 18.5 Å². The third kappa shape index (κ3) is 3.56. The summed E-state index contributed by atoms with van der Waals surface area (Å²) in [4.78, 5) is 11.9. The molecule has 0 heterocycles. The molecular formula is C14H19NO2. The van der Waals surface area contributed by atoms with Crippen molar-refractivity contribution in [3.05, 3.63) is 35.4 Å². The minimum absolute atomic E-state index is 0.177. The summed E-state index contributed by atoms with van der Waals surface area (Å²) in [7, 11) is 1.91. The van der Waals surface area contributed by atoms with Crippen LogP contribution >= 0.6 is 0 Å². The fraction of sp³-hybridized carbons (Fsp3) is 0.500. The van der Waals surface area contributed by atoms with Crippen molar-refractivity contribution in [2.24, 2.45) is 5.92 Å². The summed E-state index contributed by atoms with van der Waals surface area (Å²) in [5, 5.41) is 3.09. The molecule has 3 nitrogen and oxygen atoms in total. The van der Waals surface area contributed by atoms with Crippen molar-refractivity contribution >= 4 is 5.97 Å². The van der Waals surface area contributed by atoms with Gasteiger partial charge in [0, 0.05) is 0 Å². The van der Waals surface area contributed by atoms with Crippen molar-refractivity contribution in [2.75, 3.05) is 20.2 Å². The zero-order valence-corrected chi connectivity index (χ0v) is 10.2. The second-order valence-corrected chi connectivity index (χ2v) is 4.55. The number of hydrogen-bond acceptors (Lipinski definition) is 3. The molecule has 2 rings (SSSR count). The molecule has 0 spiro atoms. The van der Waals surface area contributed by atoms with Gasteiger partial charge < -0.3 is 10.1 Å². The molecule has 1 N–H and O–H groups in total. The predicted molar refractivity (Wildman–Crippen MR) is 67.1 cm³/mol. The maximum absolute atomic E-state index is 11.9. The Morgan fingerprint density at radius 2 is 2.18 bits per heavy atom. The number of ether oxygens (including phenoxy) is 1. The third-order valence-corrected chi connectivity index (χ3v) is 3.03. The second kappa shape index (κ2) is 5.82. The number of carbonyl (C=O) groups excluding carboxylic acids is 1. The second-order valence-electron chi connectivity index (χ2n) is 4.55. The van der Waals surface area contributed by atoms with Crippen LogP contribution in [0.1, 0.15) is 28.8 Å². The lowest BCUT2D eigenvalue weighted by molar-refractivity contribution is 0.0485. The molecule has 0 amide bonds. The fourth-order valence-electron chi connectivity index (χ4n) is 1.75. The topological polar surface area (TPSA) is 38.3 Å². The van der Waals surface area contributed by atoms with E-state index in [9.17, 15) is 4.79 Å². The average molecular weight is 233 g/mol. The zero-order chi connectivity index (χ0) is 12.1. The lowest BCUT2D eigenvalue weighted by Gasteiger charge is -2.09. The Morgan fingerprint density at radius 3 is 2.88 bits per heavy atom. The molecule has 0 bridgehead atoms. The quantitative estimate of drug-likeness (QED) is 0.764. The van der Waals surface area contributed by atoms with E-state index in [-0.39, 0.29) is 5.97 Å². The van der Waals surface area contributed by atoms with Gasteiger partial charge in [0.15, 0.2) is 0 Å². The molecule has 1 fully saturated rings. The van der Waals surface area contributed by atoms with Crippen LogP contribution < -0.4 is 5.32 Å². The molecule has 1 aliphatic rings. The Kier molecular flexibility index (Phi) is 4.15. The lowest BCUT2D eigenvalue weighted by atomic mass is 10.0. The van der Waals surface area contributed by atoms with Crippen LogP contribution in [-0.2, 0) is 11.2 Å². The first-order valence-corrected chi connectivity index (χ1v) is 6.21. The number of carbonyl (C=O) groups is 1. The monoisotopic (exact) mass is 233 g/mol. The van der Waals surface area contributed by atoms with Crippen LogP contribution in [0.3, 0.4) is 0 Å². The molecule has 92 valence electrons. The van der Waals surface area contributed by atoms with Crippen molar-refractivity contribution in [3.8, 4) is 0 Å². The summed E-state index contributed by atoms with van der Waals surface area (Å²) in [6, 6.07) is 7.69. The van der Waals surface area contributed by atoms with Crippen LogP contribution in [0.2, 0.25) is 0 Å². The Labute approximate surface area is 102 Å². The van der Waals surface area contributed by atoms with Gasteiger partial charge in [-0.15, -0.1) is 0 Å². The first kappa shape index (κ1) is 12.1. The highest BCUT2D eigenvalue weighted by Gasteiger charge is 2.23. The van der Waals surface area contributed by atoms with E-state index in [1.54, 1.807) is 0 Å². The summed E-state index contributed by atoms with van der Waals surface area (Å²) in [5.74, 6) is 0.437. The summed E-state index contributed by atoms with van der Waals surface area (Å²) < 4.78 is 5.31. The standard InChI is InChI=1S/C14H19NO2/c1-15-9-8-12-4-2-3-5-13(12)14(16)17-10-11-6-7-11/h2-5,11,15H,6-10H2,1H3. The minimum atomic E-state index is -0.177. The van der Waals surface area contributed by atoms with E-state index in [4.69, 9.17) is 4.74 Å². The predicted octanol–water partition coefficient (Wildman–Crippen LogP) is 2.02. The van der Waals surface area contributed by atoms with E-state index < -0.39 is 0 Å². The highest BCUT2D eigenvalue weighted by Crippen LogP contribution is 2.29. The van der Waals surface area contributed by atoms with Gasteiger partial charge >= 0.3 is 5.97 Å². The van der Waals surface area contributed by atoms with Crippen molar-refractivity contribution in [3.63, 3.8) is 0 Å². The zero-order valence-electron chi connectivity index (χ0n) is 10.2. The molecule has 1 aliphatic carbocycles. The summed E-state index contributed by atoms with van der Waals surface area (Å²) in [5.41, 5.74) is 1.77. The summed E-state index contributed by atoms with van der Waals surface area (Å²) in [6.45, 7) is 1.45. The maximum atomic E-state index is 11.9. The molecule has 3 heteroatoms. The number of rotatable bonds is 6. The van der Waals surface area contributed by atoms with Gasteiger partial charge in [-0.2, -0.15) is 0 Å². The highest BCUT2D eigenvalue weighted by molar-refractivity contribution is 5.91. The number of hydrogen-bond donors (Lipinski definition) is 1. The molecule has 0 atom stereocenters. The molecule has 1 saturated carbocycles. The normalized spacial score (nSPS) is 14.6. The number of nitrogens with one attached hydrogen (secondary N) is 1. The number of benzene rings is 1. The first-order chi connectivity index (χ1) is 8.31. The van der Waals surface area contributed by atoms with Gasteiger partial charge in [0.1, 0.15) is 0 Å². The molecule has 0 saturated heterocycles. The van der Waals surface area contributed by atoms with E-state index in [0.29, 0.717) is 18.1 Å². The molecule has 1 aromatic carbocycles.